The van der Waals surface area contributed by atoms with Crippen LogP contribution in [0.3, 0.4) is 0 Å². The Morgan fingerprint density at radius 1 is 1.09 bits per heavy atom. The number of anilines is 1. The number of nitrogens with two attached hydrogens (primary N) is 1. The third-order valence-corrected chi connectivity index (χ3v) is 5.85. The highest BCUT2D eigenvalue weighted by molar-refractivity contribution is 5.98. The number of para-hydroxylation sites is 1. The van der Waals surface area contributed by atoms with Crippen molar-refractivity contribution in [3.05, 3.63) is 73.6 Å². The lowest BCUT2D eigenvalue weighted by atomic mass is 10.1. The maximum atomic E-state index is 12.2. The Hall–Kier alpha value is -4.20. The summed E-state index contributed by atoms with van der Waals surface area (Å²) < 4.78 is 7.79. The summed E-state index contributed by atoms with van der Waals surface area (Å²) in [7, 11) is 0. The topological polar surface area (TPSA) is 99.2 Å². The van der Waals surface area contributed by atoms with E-state index < -0.39 is 0 Å². The minimum atomic E-state index is -0.0699. The molecule has 1 saturated heterocycles. The number of nitrogen functional groups attached to an aromatic ring is 1. The molecule has 1 atom stereocenters. The van der Waals surface area contributed by atoms with Crippen LogP contribution in [0.1, 0.15) is 18.9 Å². The van der Waals surface area contributed by atoms with Crippen molar-refractivity contribution in [3.63, 3.8) is 0 Å². The molecule has 0 saturated carbocycles. The molecule has 166 valence electrons. The molecule has 8 heteroatoms. The van der Waals surface area contributed by atoms with E-state index in [0.29, 0.717) is 35.6 Å². The van der Waals surface area contributed by atoms with Crippen LogP contribution in [0.15, 0.2) is 73.6 Å². The van der Waals surface area contributed by atoms with E-state index in [1.165, 1.54) is 12.4 Å². The molecule has 1 fully saturated rings. The van der Waals surface area contributed by atoms with Crippen LogP contribution in [0.4, 0.5) is 5.82 Å². The van der Waals surface area contributed by atoms with E-state index in [4.69, 9.17) is 15.6 Å². The number of hydrogen-bond donors (Lipinski definition) is 1. The van der Waals surface area contributed by atoms with Crippen molar-refractivity contribution in [2.45, 2.75) is 18.9 Å². The number of likely N-dealkylation sites (tertiary alicyclic amines) is 1. The van der Waals surface area contributed by atoms with Gasteiger partial charge in [0.1, 0.15) is 29.3 Å². The number of carbonyl (C=O) groups is 1. The highest BCUT2D eigenvalue weighted by Crippen LogP contribution is 2.34. The van der Waals surface area contributed by atoms with Crippen molar-refractivity contribution in [1.29, 1.82) is 0 Å². The van der Waals surface area contributed by atoms with E-state index >= 15 is 0 Å². The summed E-state index contributed by atoms with van der Waals surface area (Å²) in [6.45, 7) is 4.88. The maximum absolute atomic E-state index is 12.2. The van der Waals surface area contributed by atoms with Gasteiger partial charge in [0.2, 0.25) is 5.91 Å². The average molecular weight is 441 g/mol. The summed E-state index contributed by atoms with van der Waals surface area (Å²) in [4.78, 5) is 22.7. The summed E-state index contributed by atoms with van der Waals surface area (Å²) in [5.74, 6) is 1.80. The molecule has 2 N–H and O–H groups in total. The molecular formula is C25H24N6O2. The smallest absolute Gasteiger partial charge is 0.246 e. The Morgan fingerprint density at radius 2 is 1.85 bits per heavy atom. The summed E-state index contributed by atoms with van der Waals surface area (Å²) in [5, 5.41) is 5.62. The van der Waals surface area contributed by atoms with Crippen molar-refractivity contribution < 1.29 is 9.53 Å². The van der Waals surface area contributed by atoms with Gasteiger partial charge in [0.15, 0.2) is 5.65 Å². The molecule has 0 aliphatic carbocycles. The van der Waals surface area contributed by atoms with E-state index in [2.05, 4.69) is 16.5 Å². The van der Waals surface area contributed by atoms with Crippen LogP contribution in [0.2, 0.25) is 0 Å². The molecule has 3 heterocycles. The van der Waals surface area contributed by atoms with Crippen LogP contribution in [-0.2, 0) is 4.79 Å². The van der Waals surface area contributed by atoms with Crippen molar-refractivity contribution in [2.24, 2.45) is 0 Å². The van der Waals surface area contributed by atoms with Gasteiger partial charge >= 0.3 is 0 Å². The number of nitrogens with zero attached hydrogens (tertiary/aromatic N) is 5. The quantitative estimate of drug-likeness (QED) is 0.467. The molecule has 0 spiro atoms. The predicted octanol–water partition coefficient (Wildman–Crippen LogP) is 4.22. The third kappa shape index (κ3) is 4.03. The Balaban J connectivity index is 1.50. The summed E-state index contributed by atoms with van der Waals surface area (Å²) in [6.07, 6.45) is 4.58. The molecule has 1 aliphatic rings. The van der Waals surface area contributed by atoms with Gasteiger partial charge in [-0.1, -0.05) is 24.8 Å². The summed E-state index contributed by atoms with van der Waals surface area (Å²) in [5.41, 5.74) is 8.52. The normalized spacial score (nSPS) is 16.0. The van der Waals surface area contributed by atoms with Crippen LogP contribution >= 0.6 is 0 Å². The highest BCUT2D eigenvalue weighted by Gasteiger charge is 2.28. The zero-order chi connectivity index (χ0) is 22.8. The van der Waals surface area contributed by atoms with Gasteiger partial charge in [0, 0.05) is 18.7 Å². The second-order valence-corrected chi connectivity index (χ2v) is 7.97. The molecule has 1 aliphatic heterocycles. The molecular weight excluding hydrogens is 416 g/mol. The van der Waals surface area contributed by atoms with E-state index in [1.807, 2.05) is 59.3 Å². The lowest BCUT2D eigenvalue weighted by molar-refractivity contribution is -0.127. The minimum Gasteiger partial charge on any atom is -0.457 e. The van der Waals surface area contributed by atoms with E-state index in [9.17, 15) is 4.79 Å². The summed E-state index contributed by atoms with van der Waals surface area (Å²) in [6, 6.07) is 17.3. The Kier molecular flexibility index (Phi) is 5.48. The molecule has 0 unspecified atom stereocenters. The SMILES string of the molecule is C=CC(=O)N1CCC[C@H](n2nc(-c3ccc(Oc4ccccc4)cc3)c3c(N)ncnc32)C1. The second kappa shape index (κ2) is 8.74. The number of rotatable bonds is 5. The van der Waals surface area contributed by atoms with Crippen LogP contribution < -0.4 is 10.5 Å². The number of benzene rings is 2. The first-order valence-corrected chi connectivity index (χ1v) is 10.9. The van der Waals surface area contributed by atoms with Crippen molar-refractivity contribution in [1.82, 2.24) is 24.6 Å². The van der Waals surface area contributed by atoms with Crippen LogP contribution in [0, 0.1) is 0 Å². The van der Waals surface area contributed by atoms with Crippen LogP contribution in [0.25, 0.3) is 22.3 Å². The lowest BCUT2D eigenvalue weighted by Crippen LogP contribution is -2.40. The fourth-order valence-corrected chi connectivity index (χ4v) is 4.24. The lowest BCUT2D eigenvalue weighted by Gasteiger charge is -2.32. The number of aromatic nitrogens is 4. The van der Waals surface area contributed by atoms with Crippen LogP contribution in [0.5, 0.6) is 11.5 Å². The largest absolute Gasteiger partial charge is 0.457 e. The molecule has 8 nitrogen and oxygen atoms in total. The molecule has 33 heavy (non-hydrogen) atoms. The number of fused-ring (bicyclic) bond motifs is 1. The van der Waals surface area contributed by atoms with E-state index in [1.54, 1.807) is 4.90 Å². The fourth-order valence-electron chi connectivity index (χ4n) is 4.24. The number of hydrogen-bond acceptors (Lipinski definition) is 6. The Bertz CT molecular complexity index is 1300. The van der Waals surface area contributed by atoms with Gasteiger partial charge in [-0.3, -0.25) is 4.79 Å². The van der Waals surface area contributed by atoms with Crippen molar-refractivity contribution >= 4 is 22.8 Å². The number of amides is 1. The summed E-state index contributed by atoms with van der Waals surface area (Å²) >= 11 is 0. The van der Waals surface area contributed by atoms with Gasteiger partial charge in [-0.25, -0.2) is 14.6 Å². The van der Waals surface area contributed by atoms with Crippen molar-refractivity contribution in [3.8, 4) is 22.8 Å². The zero-order valence-electron chi connectivity index (χ0n) is 18.1. The first kappa shape index (κ1) is 20.7. The van der Waals surface area contributed by atoms with Gasteiger partial charge in [-0.2, -0.15) is 5.10 Å². The van der Waals surface area contributed by atoms with Gasteiger partial charge in [0.25, 0.3) is 0 Å². The van der Waals surface area contributed by atoms with Gasteiger partial charge in [-0.15, -0.1) is 0 Å². The molecule has 2 aromatic carbocycles. The monoisotopic (exact) mass is 440 g/mol. The Labute approximate surface area is 191 Å². The first-order valence-electron chi connectivity index (χ1n) is 10.9. The third-order valence-electron chi connectivity index (χ3n) is 5.85. The number of piperidine rings is 1. The Morgan fingerprint density at radius 3 is 2.61 bits per heavy atom. The predicted molar refractivity (Wildman–Crippen MR) is 127 cm³/mol. The molecule has 5 rings (SSSR count). The molecule has 1 amide bonds. The fraction of sp³-hybridized carbons (Fsp3) is 0.200. The van der Waals surface area contributed by atoms with Gasteiger partial charge in [-0.05, 0) is 55.3 Å². The second-order valence-electron chi connectivity index (χ2n) is 7.97. The van der Waals surface area contributed by atoms with Gasteiger partial charge < -0.3 is 15.4 Å². The van der Waals surface area contributed by atoms with Gasteiger partial charge in [0.05, 0.1) is 11.4 Å². The minimum absolute atomic E-state index is 0.00566. The average Bonchev–Trinajstić information content (AvgIpc) is 3.26. The highest BCUT2D eigenvalue weighted by atomic mass is 16.5. The van der Waals surface area contributed by atoms with Crippen molar-refractivity contribution in [2.75, 3.05) is 18.8 Å². The standard InChI is InChI=1S/C25H24N6O2/c1-2-21(32)30-14-6-7-18(15-30)31-25-22(24(26)27-16-28-25)23(29-31)17-10-12-20(13-11-17)33-19-8-4-3-5-9-19/h2-5,8-13,16,18H,1,6-7,14-15H2,(H2,26,27,28)/t18-/m0/s1. The van der Waals surface area contributed by atoms with Crippen LogP contribution in [-0.4, -0.2) is 43.6 Å². The molecule has 2 aromatic heterocycles. The number of ether oxygens (including phenoxy) is 1. The zero-order valence-corrected chi connectivity index (χ0v) is 18.1. The molecule has 0 bridgehead atoms. The van der Waals surface area contributed by atoms with E-state index in [-0.39, 0.29) is 11.9 Å². The maximum Gasteiger partial charge on any atom is 0.246 e. The molecule has 4 aromatic rings. The number of carbonyl (C=O) groups excluding carboxylic acids is 1. The first-order chi connectivity index (χ1) is 16.1. The van der Waals surface area contributed by atoms with E-state index in [0.717, 1.165) is 29.9 Å². The molecule has 0 radical (unpaired) electrons.